The van der Waals surface area contributed by atoms with Crippen LogP contribution in [0.1, 0.15) is 6.42 Å². The van der Waals surface area contributed by atoms with E-state index in [9.17, 15) is 13.2 Å². The number of anilines is 1. The summed E-state index contributed by atoms with van der Waals surface area (Å²) in [7, 11) is -3.50. The predicted octanol–water partition coefficient (Wildman–Crippen LogP) is 1.98. The van der Waals surface area contributed by atoms with Crippen LogP contribution < -0.4 is 10.2 Å². The molecule has 0 aromatic heterocycles. The first-order valence-corrected chi connectivity index (χ1v) is 11.4. The SMILES string of the molecule is O=C(NC1CCN(c2ccccc2)C1)N1CCN(S(=O)(=O)c2ccccc2)CC1. The summed E-state index contributed by atoms with van der Waals surface area (Å²) in [5, 5.41) is 3.11. The molecule has 2 amide bonds. The van der Waals surface area contributed by atoms with Crippen molar-refractivity contribution in [1.82, 2.24) is 14.5 Å². The molecule has 0 aliphatic carbocycles. The van der Waals surface area contributed by atoms with Crippen LogP contribution >= 0.6 is 0 Å². The molecule has 2 aliphatic heterocycles. The average Bonchev–Trinajstić information content (AvgIpc) is 3.23. The number of benzene rings is 2. The molecule has 0 radical (unpaired) electrons. The van der Waals surface area contributed by atoms with E-state index in [1.54, 1.807) is 35.2 Å². The summed E-state index contributed by atoms with van der Waals surface area (Å²) in [4.78, 5) is 16.9. The average molecular weight is 415 g/mol. The second kappa shape index (κ2) is 8.42. The Morgan fingerprint density at radius 3 is 2.14 bits per heavy atom. The predicted molar refractivity (Wildman–Crippen MR) is 112 cm³/mol. The first-order chi connectivity index (χ1) is 14.0. The van der Waals surface area contributed by atoms with Gasteiger partial charge >= 0.3 is 6.03 Å². The summed E-state index contributed by atoms with van der Waals surface area (Å²) in [6, 6.07) is 18.6. The van der Waals surface area contributed by atoms with Crippen LogP contribution in [0.3, 0.4) is 0 Å². The van der Waals surface area contributed by atoms with Gasteiger partial charge in [0.2, 0.25) is 10.0 Å². The van der Waals surface area contributed by atoms with Crippen LogP contribution in [0.25, 0.3) is 0 Å². The fourth-order valence-corrected chi connectivity index (χ4v) is 5.33. The molecule has 2 aromatic rings. The van der Waals surface area contributed by atoms with E-state index in [-0.39, 0.29) is 12.1 Å². The lowest BCUT2D eigenvalue weighted by atomic mass is 10.2. The lowest BCUT2D eigenvalue weighted by Crippen LogP contribution is -2.54. The quantitative estimate of drug-likeness (QED) is 0.830. The van der Waals surface area contributed by atoms with E-state index in [4.69, 9.17) is 0 Å². The summed E-state index contributed by atoms with van der Waals surface area (Å²) in [5.74, 6) is 0. The van der Waals surface area contributed by atoms with E-state index in [1.807, 2.05) is 18.2 Å². The van der Waals surface area contributed by atoms with E-state index in [1.165, 1.54) is 9.99 Å². The number of nitrogens with one attached hydrogen (secondary N) is 1. The van der Waals surface area contributed by atoms with Gasteiger partial charge in [0.05, 0.1) is 4.90 Å². The van der Waals surface area contributed by atoms with Gasteiger partial charge in [0.15, 0.2) is 0 Å². The minimum absolute atomic E-state index is 0.105. The van der Waals surface area contributed by atoms with E-state index >= 15 is 0 Å². The van der Waals surface area contributed by atoms with Gasteiger partial charge in [-0.15, -0.1) is 0 Å². The lowest BCUT2D eigenvalue weighted by molar-refractivity contribution is 0.169. The lowest BCUT2D eigenvalue weighted by Gasteiger charge is -2.34. The molecule has 0 spiro atoms. The molecular formula is C21H26N4O3S. The van der Waals surface area contributed by atoms with Crippen LogP contribution in [0.4, 0.5) is 10.5 Å². The molecule has 1 atom stereocenters. The van der Waals surface area contributed by atoms with Crippen LogP contribution in [0.15, 0.2) is 65.6 Å². The smallest absolute Gasteiger partial charge is 0.317 e. The van der Waals surface area contributed by atoms with Gasteiger partial charge in [-0.25, -0.2) is 13.2 Å². The second-order valence-electron chi connectivity index (χ2n) is 7.42. The molecular weight excluding hydrogens is 388 g/mol. The Balaban J connectivity index is 1.29. The Morgan fingerprint density at radius 1 is 0.862 bits per heavy atom. The van der Waals surface area contributed by atoms with Gasteiger partial charge in [0.25, 0.3) is 0 Å². The van der Waals surface area contributed by atoms with E-state index in [2.05, 4.69) is 22.3 Å². The number of carbonyl (C=O) groups is 1. The summed E-state index contributed by atoms with van der Waals surface area (Å²) in [6.07, 6.45) is 0.906. The molecule has 154 valence electrons. The highest BCUT2D eigenvalue weighted by Gasteiger charge is 2.31. The standard InChI is InChI=1S/C21H26N4O3S/c26-21(22-18-11-12-24(17-18)19-7-3-1-4-8-19)23-13-15-25(16-14-23)29(27,28)20-9-5-2-6-10-20/h1-10,18H,11-17H2,(H,22,26). The van der Waals surface area contributed by atoms with Gasteiger partial charge in [-0.1, -0.05) is 36.4 Å². The number of carbonyl (C=O) groups excluding carboxylic acids is 1. The van der Waals surface area contributed by atoms with Crippen LogP contribution in [0, 0.1) is 0 Å². The van der Waals surface area contributed by atoms with E-state index in [0.717, 1.165) is 19.5 Å². The Hall–Kier alpha value is -2.58. The minimum Gasteiger partial charge on any atom is -0.369 e. The van der Waals surface area contributed by atoms with Gasteiger partial charge in [0.1, 0.15) is 0 Å². The summed E-state index contributed by atoms with van der Waals surface area (Å²) in [6.45, 7) is 3.12. The third-order valence-electron chi connectivity index (χ3n) is 5.54. The van der Waals surface area contributed by atoms with E-state index in [0.29, 0.717) is 31.1 Å². The van der Waals surface area contributed by atoms with Crippen molar-refractivity contribution in [1.29, 1.82) is 0 Å². The molecule has 2 fully saturated rings. The van der Waals surface area contributed by atoms with Crippen molar-refractivity contribution < 1.29 is 13.2 Å². The van der Waals surface area contributed by atoms with E-state index < -0.39 is 10.0 Å². The van der Waals surface area contributed by atoms with Crippen molar-refractivity contribution in [3.8, 4) is 0 Å². The molecule has 1 unspecified atom stereocenters. The normalized spacial score (nSPS) is 20.6. The van der Waals surface area contributed by atoms with Crippen molar-refractivity contribution >= 4 is 21.7 Å². The zero-order chi connectivity index (χ0) is 20.3. The van der Waals surface area contributed by atoms with Crippen LogP contribution in [0.2, 0.25) is 0 Å². The topological polar surface area (TPSA) is 73.0 Å². The maximum Gasteiger partial charge on any atom is 0.317 e. The van der Waals surface area contributed by atoms with Crippen molar-refractivity contribution in [2.75, 3.05) is 44.2 Å². The molecule has 29 heavy (non-hydrogen) atoms. The Morgan fingerprint density at radius 2 is 1.48 bits per heavy atom. The van der Waals surface area contributed by atoms with Gasteiger partial charge in [-0.2, -0.15) is 4.31 Å². The number of hydrogen-bond acceptors (Lipinski definition) is 4. The third-order valence-corrected chi connectivity index (χ3v) is 7.46. The highest BCUT2D eigenvalue weighted by molar-refractivity contribution is 7.89. The number of sulfonamides is 1. The Labute approximate surface area is 172 Å². The first-order valence-electron chi connectivity index (χ1n) is 9.95. The maximum absolute atomic E-state index is 12.7. The summed E-state index contributed by atoms with van der Waals surface area (Å²) in [5.41, 5.74) is 1.17. The monoisotopic (exact) mass is 414 g/mol. The molecule has 0 bridgehead atoms. The highest BCUT2D eigenvalue weighted by Crippen LogP contribution is 2.20. The third kappa shape index (κ3) is 4.38. The number of hydrogen-bond donors (Lipinski definition) is 1. The van der Waals surface area contributed by atoms with Gasteiger partial charge < -0.3 is 15.1 Å². The van der Waals surface area contributed by atoms with Crippen LogP contribution in [0.5, 0.6) is 0 Å². The largest absolute Gasteiger partial charge is 0.369 e. The Kier molecular flexibility index (Phi) is 5.73. The molecule has 2 heterocycles. The van der Waals surface area contributed by atoms with Gasteiger partial charge in [0, 0.05) is 51.0 Å². The summed E-state index contributed by atoms with van der Waals surface area (Å²) >= 11 is 0. The van der Waals surface area contributed by atoms with Crippen LogP contribution in [-0.2, 0) is 10.0 Å². The summed E-state index contributed by atoms with van der Waals surface area (Å²) < 4.78 is 26.9. The number of amides is 2. The fourth-order valence-electron chi connectivity index (χ4n) is 3.89. The molecule has 2 saturated heterocycles. The van der Waals surface area contributed by atoms with Gasteiger partial charge in [-0.05, 0) is 30.7 Å². The first kappa shape index (κ1) is 19.7. The number of para-hydroxylation sites is 1. The molecule has 4 rings (SSSR count). The fraction of sp³-hybridized carbons (Fsp3) is 0.381. The molecule has 8 heteroatoms. The molecule has 7 nitrogen and oxygen atoms in total. The van der Waals surface area contributed by atoms with Crippen molar-refractivity contribution in [3.63, 3.8) is 0 Å². The molecule has 1 N–H and O–H groups in total. The molecule has 0 saturated carbocycles. The van der Waals surface area contributed by atoms with Crippen molar-refractivity contribution in [3.05, 3.63) is 60.7 Å². The number of urea groups is 1. The second-order valence-corrected chi connectivity index (χ2v) is 9.36. The van der Waals surface area contributed by atoms with Crippen LogP contribution in [-0.4, -0.2) is 69.0 Å². The van der Waals surface area contributed by atoms with Crippen molar-refractivity contribution in [2.24, 2.45) is 0 Å². The Bertz CT molecular complexity index is 929. The minimum atomic E-state index is -3.50. The van der Waals surface area contributed by atoms with Crippen molar-refractivity contribution in [2.45, 2.75) is 17.4 Å². The maximum atomic E-state index is 12.7. The van der Waals surface area contributed by atoms with Gasteiger partial charge in [-0.3, -0.25) is 0 Å². The molecule has 2 aliphatic rings. The zero-order valence-corrected chi connectivity index (χ0v) is 17.1. The number of nitrogens with zero attached hydrogens (tertiary/aromatic N) is 3. The zero-order valence-electron chi connectivity index (χ0n) is 16.3. The number of piperazine rings is 1. The highest BCUT2D eigenvalue weighted by atomic mass is 32.2. The molecule has 2 aromatic carbocycles. The number of rotatable bonds is 4.